The SMILES string of the molecule is Oc1c(Br)cc([C@H]2N=C(c3ccccc3Cl)NO2)cc1Br. The van der Waals surface area contributed by atoms with Crippen LogP contribution in [-0.2, 0) is 4.84 Å². The van der Waals surface area contributed by atoms with Crippen molar-refractivity contribution in [2.45, 2.75) is 6.23 Å². The van der Waals surface area contributed by atoms with E-state index in [1.54, 1.807) is 18.2 Å². The third-order valence-electron chi connectivity index (χ3n) is 2.97. The highest BCUT2D eigenvalue weighted by molar-refractivity contribution is 9.11. The van der Waals surface area contributed by atoms with Crippen LogP contribution in [0, 0.1) is 0 Å². The summed E-state index contributed by atoms with van der Waals surface area (Å²) in [5.74, 6) is 0.714. The second kappa shape index (κ2) is 5.96. The number of benzene rings is 2. The molecule has 0 fully saturated rings. The summed E-state index contributed by atoms with van der Waals surface area (Å²) in [6.45, 7) is 0. The third kappa shape index (κ3) is 2.94. The molecular weight excluding hydrogens is 423 g/mol. The van der Waals surface area contributed by atoms with E-state index in [1.807, 2.05) is 18.2 Å². The van der Waals surface area contributed by atoms with E-state index in [2.05, 4.69) is 42.3 Å². The molecule has 0 saturated heterocycles. The number of hydrogen-bond donors (Lipinski definition) is 2. The molecule has 3 rings (SSSR count). The number of aromatic hydroxyl groups is 1. The number of rotatable bonds is 2. The Hall–Kier alpha value is -1.08. The van der Waals surface area contributed by atoms with E-state index in [4.69, 9.17) is 16.4 Å². The van der Waals surface area contributed by atoms with Crippen molar-refractivity contribution in [3.05, 3.63) is 61.5 Å². The lowest BCUT2D eigenvalue weighted by Crippen LogP contribution is -2.18. The topological polar surface area (TPSA) is 53.9 Å². The Balaban J connectivity index is 1.95. The van der Waals surface area contributed by atoms with Gasteiger partial charge in [-0.3, -0.25) is 0 Å². The molecule has 2 aromatic rings. The van der Waals surface area contributed by atoms with Crippen LogP contribution in [0.25, 0.3) is 0 Å². The largest absolute Gasteiger partial charge is 0.506 e. The van der Waals surface area contributed by atoms with Crippen molar-refractivity contribution < 1.29 is 9.94 Å². The number of hydroxylamine groups is 1. The number of aliphatic imine (C=N–C) groups is 1. The van der Waals surface area contributed by atoms with Gasteiger partial charge in [-0.25, -0.2) is 15.3 Å². The average Bonchev–Trinajstić information content (AvgIpc) is 2.94. The fourth-order valence-electron chi connectivity index (χ4n) is 1.93. The van der Waals surface area contributed by atoms with Gasteiger partial charge in [-0.1, -0.05) is 23.7 Å². The van der Waals surface area contributed by atoms with Gasteiger partial charge in [0.15, 0.2) is 5.84 Å². The lowest BCUT2D eigenvalue weighted by atomic mass is 10.2. The van der Waals surface area contributed by atoms with Gasteiger partial charge in [0.2, 0.25) is 6.23 Å². The maximum atomic E-state index is 9.74. The number of phenolic OH excluding ortho intramolecular Hbond substituents is 1. The molecule has 1 atom stereocenters. The molecule has 0 saturated carbocycles. The van der Waals surface area contributed by atoms with Crippen molar-refractivity contribution in [2.75, 3.05) is 0 Å². The van der Waals surface area contributed by atoms with Crippen molar-refractivity contribution in [1.29, 1.82) is 0 Å². The zero-order valence-corrected chi connectivity index (χ0v) is 14.4. The average molecular weight is 432 g/mol. The Morgan fingerprint density at radius 2 is 1.86 bits per heavy atom. The molecule has 0 aliphatic carbocycles. The Morgan fingerprint density at radius 3 is 2.52 bits per heavy atom. The quantitative estimate of drug-likeness (QED) is 0.732. The lowest BCUT2D eigenvalue weighted by molar-refractivity contribution is 0.0376. The van der Waals surface area contributed by atoms with Crippen LogP contribution in [0.5, 0.6) is 5.75 Å². The van der Waals surface area contributed by atoms with Crippen molar-refractivity contribution in [3.63, 3.8) is 0 Å². The third-order valence-corrected chi connectivity index (χ3v) is 4.51. The number of nitrogens with zero attached hydrogens (tertiary/aromatic N) is 1. The molecule has 0 aromatic heterocycles. The Morgan fingerprint density at radius 1 is 1.19 bits per heavy atom. The molecule has 0 spiro atoms. The minimum atomic E-state index is -0.510. The maximum Gasteiger partial charge on any atom is 0.202 e. The van der Waals surface area contributed by atoms with E-state index in [1.165, 1.54) is 0 Å². The highest BCUT2D eigenvalue weighted by Gasteiger charge is 2.23. The van der Waals surface area contributed by atoms with Crippen LogP contribution in [0.2, 0.25) is 5.02 Å². The molecule has 0 unspecified atom stereocenters. The molecule has 0 bridgehead atoms. The van der Waals surface area contributed by atoms with Crippen molar-refractivity contribution >= 4 is 49.3 Å². The van der Waals surface area contributed by atoms with E-state index in [9.17, 15) is 5.11 Å². The molecule has 2 N–H and O–H groups in total. The predicted molar refractivity (Wildman–Crippen MR) is 88.5 cm³/mol. The molecule has 1 heterocycles. The fourth-order valence-corrected chi connectivity index (χ4v) is 3.38. The molecule has 108 valence electrons. The van der Waals surface area contributed by atoms with Crippen molar-refractivity contribution in [1.82, 2.24) is 5.48 Å². The van der Waals surface area contributed by atoms with Gasteiger partial charge in [0.25, 0.3) is 0 Å². The molecule has 0 amide bonds. The van der Waals surface area contributed by atoms with Gasteiger partial charge in [0, 0.05) is 11.1 Å². The smallest absolute Gasteiger partial charge is 0.202 e. The molecule has 7 heteroatoms. The second-order valence-electron chi connectivity index (χ2n) is 4.36. The Kier molecular flexibility index (Phi) is 4.21. The van der Waals surface area contributed by atoms with E-state index in [0.29, 0.717) is 19.8 Å². The molecule has 1 aliphatic heterocycles. The number of halogens is 3. The first-order valence-corrected chi connectivity index (χ1v) is 7.95. The van der Waals surface area contributed by atoms with E-state index < -0.39 is 6.23 Å². The lowest BCUT2D eigenvalue weighted by Gasteiger charge is -2.09. The number of nitrogens with one attached hydrogen (secondary N) is 1. The summed E-state index contributed by atoms with van der Waals surface area (Å²) >= 11 is 12.7. The van der Waals surface area contributed by atoms with Crippen LogP contribution < -0.4 is 5.48 Å². The van der Waals surface area contributed by atoms with Crippen molar-refractivity contribution in [2.24, 2.45) is 4.99 Å². The minimum absolute atomic E-state index is 0.139. The summed E-state index contributed by atoms with van der Waals surface area (Å²) in [4.78, 5) is 9.95. The van der Waals surface area contributed by atoms with Crippen molar-refractivity contribution in [3.8, 4) is 5.75 Å². The van der Waals surface area contributed by atoms with Gasteiger partial charge in [-0.2, -0.15) is 0 Å². The minimum Gasteiger partial charge on any atom is -0.506 e. The van der Waals surface area contributed by atoms with Crippen LogP contribution in [0.1, 0.15) is 17.4 Å². The standard InChI is InChI=1S/C14H9Br2ClN2O2/c15-9-5-7(6-10(16)12(9)20)14-18-13(19-21-14)8-3-1-2-4-11(8)17/h1-6,14,20H,(H,18,19)/t14-/m0/s1. The van der Waals surface area contributed by atoms with Gasteiger partial charge < -0.3 is 5.11 Å². The predicted octanol–water partition coefficient (Wildman–Crippen LogP) is 4.55. The van der Waals surface area contributed by atoms with E-state index in [-0.39, 0.29) is 5.75 Å². The molecule has 21 heavy (non-hydrogen) atoms. The van der Waals surface area contributed by atoms with E-state index in [0.717, 1.165) is 11.1 Å². The normalized spacial score (nSPS) is 17.5. The second-order valence-corrected chi connectivity index (χ2v) is 6.48. The number of phenols is 1. The molecule has 1 aliphatic rings. The van der Waals surface area contributed by atoms with Crippen LogP contribution in [-0.4, -0.2) is 10.9 Å². The summed E-state index contributed by atoms with van der Waals surface area (Å²) < 4.78 is 1.13. The first kappa shape index (κ1) is 14.8. The first-order valence-electron chi connectivity index (χ1n) is 5.98. The van der Waals surface area contributed by atoms with Gasteiger partial charge in [-0.05, 0) is 56.1 Å². The summed E-state index contributed by atoms with van der Waals surface area (Å²) in [5.41, 5.74) is 4.36. The van der Waals surface area contributed by atoms with E-state index >= 15 is 0 Å². The Bertz CT molecular complexity index is 714. The monoisotopic (exact) mass is 430 g/mol. The van der Waals surface area contributed by atoms with Crippen LogP contribution in [0.15, 0.2) is 50.3 Å². The van der Waals surface area contributed by atoms with Crippen LogP contribution in [0.3, 0.4) is 0 Å². The van der Waals surface area contributed by atoms with Crippen LogP contribution in [0.4, 0.5) is 0 Å². The Labute approximate surface area is 143 Å². The summed E-state index contributed by atoms with van der Waals surface area (Å²) in [5, 5.41) is 10.3. The van der Waals surface area contributed by atoms with Gasteiger partial charge >= 0.3 is 0 Å². The number of hydrogen-bond acceptors (Lipinski definition) is 4. The fraction of sp³-hybridized carbons (Fsp3) is 0.0714. The first-order chi connectivity index (χ1) is 10.1. The number of amidine groups is 1. The summed E-state index contributed by atoms with van der Waals surface area (Å²) in [7, 11) is 0. The maximum absolute atomic E-state index is 9.74. The van der Waals surface area contributed by atoms with Gasteiger partial charge in [0.05, 0.1) is 14.0 Å². The zero-order valence-electron chi connectivity index (χ0n) is 10.5. The molecule has 0 radical (unpaired) electrons. The summed E-state index contributed by atoms with van der Waals surface area (Å²) in [6.07, 6.45) is -0.510. The van der Waals surface area contributed by atoms with Gasteiger partial charge in [0.1, 0.15) is 5.75 Å². The molecule has 4 nitrogen and oxygen atoms in total. The highest BCUT2D eigenvalue weighted by Crippen LogP contribution is 2.37. The highest BCUT2D eigenvalue weighted by atomic mass is 79.9. The van der Waals surface area contributed by atoms with Gasteiger partial charge in [-0.15, -0.1) is 0 Å². The van der Waals surface area contributed by atoms with Crippen LogP contribution >= 0.6 is 43.5 Å². The zero-order chi connectivity index (χ0) is 15.0. The summed E-state index contributed by atoms with van der Waals surface area (Å²) in [6, 6.07) is 10.9. The molecular formula is C14H9Br2ClN2O2. The molecule has 2 aromatic carbocycles.